The summed E-state index contributed by atoms with van der Waals surface area (Å²) in [5, 5.41) is 11.9. The first-order chi connectivity index (χ1) is 17.2. The van der Waals surface area contributed by atoms with Crippen molar-refractivity contribution in [3.63, 3.8) is 0 Å². The molecule has 2 atom stereocenters. The number of halogens is 1. The Bertz CT molecular complexity index is 1300. The van der Waals surface area contributed by atoms with Gasteiger partial charge in [0.15, 0.2) is 0 Å². The van der Waals surface area contributed by atoms with Gasteiger partial charge in [-0.1, -0.05) is 12.8 Å². The first-order valence-corrected chi connectivity index (χ1v) is 13.3. The van der Waals surface area contributed by atoms with E-state index in [-0.39, 0.29) is 66.1 Å². The van der Waals surface area contributed by atoms with Crippen molar-refractivity contribution in [2.75, 3.05) is 36.0 Å². The molecule has 0 aromatic heterocycles. The minimum atomic E-state index is -3.83. The Hall–Kier alpha value is -3.38. The van der Waals surface area contributed by atoms with E-state index in [0.29, 0.717) is 18.5 Å². The molecule has 2 aromatic carbocycles. The average Bonchev–Trinajstić information content (AvgIpc) is 3.14. The number of carbonyl (C=O) groups is 2. The molecule has 190 valence electrons. The maximum absolute atomic E-state index is 13.2. The molecule has 3 aliphatic rings. The molecule has 2 amide bonds. The van der Waals surface area contributed by atoms with Crippen LogP contribution in [0.15, 0.2) is 47.4 Å². The molecule has 12 heteroatoms. The van der Waals surface area contributed by atoms with Gasteiger partial charge in [-0.25, -0.2) is 17.7 Å². The van der Waals surface area contributed by atoms with E-state index in [0.717, 1.165) is 29.9 Å². The van der Waals surface area contributed by atoms with Crippen molar-refractivity contribution >= 4 is 38.9 Å². The Morgan fingerprint density at radius 1 is 0.889 bits per heavy atom. The van der Waals surface area contributed by atoms with Crippen LogP contribution >= 0.6 is 0 Å². The lowest BCUT2D eigenvalue weighted by Gasteiger charge is -2.35. The predicted molar refractivity (Wildman–Crippen MR) is 128 cm³/mol. The highest BCUT2D eigenvalue weighted by molar-refractivity contribution is 7.89. The Kier molecular flexibility index (Phi) is 6.25. The third-order valence-electron chi connectivity index (χ3n) is 7.29. The fourth-order valence-corrected chi connectivity index (χ4v) is 6.83. The van der Waals surface area contributed by atoms with Crippen LogP contribution in [0.25, 0.3) is 0 Å². The number of hydrogen-bond acceptors (Lipinski definition) is 7. The maximum atomic E-state index is 13.2. The van der Waals surface area contributed by atoms with E-state index >= 15 is 0 Å². The van der Waals surface area contributed by atoms with Gasteiger partial charge in [0.05, 0.1) is 27.3 Å². The van der Waals surface area contributed by atoms with Crippen LogP contribution in [0.4, 0.5) is 21.5 Å². The molecule has 2 aromatic rings. The lowest BCUT2D eigenvalue weighted by molar-refractivity contribution is -0.384. The van der Waals surface area contributed by atoms with Crippen LogP contribution in [0.5, 0.6) is 0 Å². The van der Waals surface area contributed by atoms with E-state index in [1.807, 2.05) is 0 Å². The van der Waals surface area contributed by atoms with Crippen molar-refractivity contribution in [2.24, 2.45) is 11.8 Å². The number of imide groups is 1. The largest absolute Gasteiger partial charge is 0.363 e. The van der Waals surface area contributed by atoms with Crippen molar-refractivity contribution < 1.29 is 27.3 Å². The van der Waals surface area contributed by atoms with Gasteiger partial charge in [-0.05, 0) is 49.2 Å². The molecule has 2 unspecified atom stereocenters. The van der Waals surface area contributed by atoms with Gasteiger partial charge in [-0.3, -0.25) is 19.7 Å². The number of rotatable bonds is 5. The zero-order valence-electron chi connectivity index (χ0n) is 19.4. The number of nitro groups is 1. The fraction of sp³-hybridized carbons (Fsp3) is 0.417. The molecule has 0 bridgehead atoms. The number of anilines is 2. The topological polar surface area (TPSA) is 121 Å². The number of amides is 2. The van der Waals surface area contributed by atoms with E-state index in [1.54, 1.807) is 4.90 Å². The summed E-state index contributed by atoms with van der Waals surface area (Å²) in [7, 11) is -3.83. The van der Waals surface area contributed by atoms with Crippen LogP contribution in [0.3, 0.4) is 0 Å². The molecule has 0 N–H and O–H groups in total. The van der Waals surface area contributed by atoms with E-state index in [4.69, 9.17) is 0 Å². The number of nitrogens with zero attached hydrogens (tertiary/aromatic N) is 4. The molecule has 36 heavy (non-hydrogen) atoms. The highest BCUT2D eigenvalue weighted by atomic mass is 32.2. The summed E-state index contributed by atoms with van der Waals surface area (Å²) in [4.78, 5) is 40.0. The van der Waals surface area contributed by atoms with Crippen LogP contribution < -0.4 is 9.80 Å². The van der Waals surface area contributed by atoms with Crippen molar-refractivity contribution in [2.45, 2.75) is 30.6 Å². The highest BCUT2D eigenvalue weighted by Gasteiger charge is 2.49. The SMILES string of the molecule is O=C1C2CCCCC2C(=O)N1c1ccc(N2CCN(S(=O)(=O)c3ccc(F)cc3)CC2)c([N+](=O)[O-])c1. The van der Waals surface area contributed by atoms with Crippen LogP contribution in [0, 0.1) is 27.8 Å². The first-order valence-electron chi connectivity index (χ1n) is 11.9. The molecule has 1 aliphatic carbocycles. The number of carbonyl (C=O) groups excluding carboxylic acids is 2. The summed E-state index contributed by atoms with van der Waals surface area (Å²) < 4.78 is 40.2. The zero-order valence-corrected chi connectivity index (χ0v) is 20.2. The van der Waals surface area contributed by atoms with Gasteiger partial charge in [0.1, 0.15) is 11.5 Å². The van der Waals surface area contributed by atoms with Gasteiger partial charge in [0.2, 0.25) is 21.8 Å². The summed E-state index contributed by atoms with van der Waals surface area (Å²) in [6, 6.07) is 8.88. The number of nitro benzene ring substituents is 1. The summed E-state index contributed by atoms with van der Waals surface area (Å²) in [6.07, 6.45) is 3.07. The van der Waals surface area contributed by atoms with Crippen molar-refractivity contribution in [1.82, 2.24) is 4.31 Å². The predicted octanol–water partition coefficient (Wildman–Crippen LogP) is 2.92. The lowest BCUT2D eigenvalue weighted by Crippen LogP contribution is -2.48. The molecule has 0 radical (unpaired) electrons. The van der Waals surface area contributed by atoms with Crippen molar-refractivity contribution in [3.8, 4) is 0 Å². The van der Waals surface area contributed by atoms with Crippen molar-refractivity contribution in [3.05, 3.63) is 58.4 Å². The standard InChI is InChI=1S/C24H25FN4O6S/c25-16-5-8-18(9-6-16)36(34,35)27-13-11-26(12-14-27)21-10-7-17(15-22(21)29(32)33)28-23(30)19-3-1-2-4-20(19)24(28)31/h5-10,15,19-20H,1-4,11-14H2. The molecular formula is C24H25FN4O6S. The maximum Gasteiger partial charge on any atom is 0.294 e. The Morgan fingerprint density at radius 2 is 1.47 bits per heavy atom. The monoisotopic (exact) mass is 516 g/mol. The Morgan fingerprint density at radius 3 is 2.03 bits per heavy atom. The van der Waals surface area contributed by atoms with E-state index in [9.17, 15) is 32.5 Å². The Labute approximate surface area is 207 Å². The van der Waals surface area contributed by atoms with Gasteiger partial charge in [0, 0.05) is 32.2 Å². The van der Waals surface area contributed by atoms with Crippen LogP contribution in [-0.2, 0) is 19.6 Å². The first kappa shape index (κ1) is 24.3. The molecular weight excluding hydrogens is 491 g/mol. The fourth-order valence-electron chi connectivity index (χ4n) is 5.41. The lowest BCUT2D eigenvalue weighted by atomic mass is 9.81. The van der Waals surface area contributed by atoms with Crippen LogP contribution in [0.1, 0.15) is 25.7 Å². The normalized spacial score (nSPS) is 23.1. The molecule has 0 spiro atoms. The van der Waals surface area contributed by atoms with E-state index in [2.05, 4.69) is 0 Å². The second-order valence-electron chi connectivity index (χ2n) is 9.28. The number of fused-ring (bicyclic) bond motifs is 1. The summed E-state index contributed by atoms with van der Waals surface area (Å²) in [5.41, 5.74) is 0.226. The summed E-state index contributed by atoms with van der Waals surface area (Å²) in [6.45, 7) is 0.578. The van der Waals surface area contributed by atoms with Gasteiger partial charge in [-0.15, -0.1) is 0 Å². The highest BCUT2D eigenvalue weighted by Crippen LogP contribution is 2.42. The number of sulfonamides is 1. The van der Waals surface area contributed by atoms with E-state index < -0.39 is 20.8 Å². The summed E-state index contributed by atoms with van der Waals surface area (Å²) in [5.74, 6) is -1.86. The molecule has 1 saturated carbocycles. The minimum absolute atomic E-state index is 0.0202. The third kappa shape index (κ3) is 4.13. The molecule has 2 aliphatic heterocycles. The van der Waals surface area contributed by atoms with Crippen molar-refractivity contribution in [1.29, 1.82) is 0 Å². The quantitative estimate of drug-likeness (QED) is 0.340. The number of piperazine rings is 1. The molecule has 3 fully saturated rings. The second-order valence-corrected chi connectivity index (χ2v) is 11.2. The molecule has 10 nitrogen and oxygen atoms in total. The second kappa shape index (κ2) is 9.25. The smallest absolute Gasteiger partial charge is 0.294 e. The van der Waals surface area contributed by atoms with Gasteiger partial charge in [0.25, 0.3) is 5.69 Å². The van der Waals surface area contributed by atoms with Gasteiger partial charge >= 0.3 is 0 Å². The molecule has 2 heterocycles. The van der Waals surface area contributed by atoms with Gasteiger partial charge < -0.3 is 4.90 Å². The Balaban J connectivity index is 1.36. The summed E-state index contributed by atoms with van der Waals surface area (Å²) >= 11 is 0. The van der Waals surface area contributed by atoms with E-state index in [1.165, 1.54) is 34.6 Å². The van der Waals surface area contributed by atoms with Crippen LogP contribution in [0.2, 0.25) is 0 Å². The van der Waals surface area contributed by atoms with Gasteiger partial charge in [-0.2, -0.15) is 4.31 Å². The third-order valence-corrected chi connectivity index (χ3v) is 9.20. The number of hydrogen-bond donors (Lipinski definition) is 0. The zero-order chi connectivity index (χ0) is 25.6. The molecule has 2 saturated heterocycles. The van der Waals surface area contributed by atoms with Crippen LogP contribution in [-0.4, -0.2) is 55.6 Å². The molecule has 5 rings (SSSR count). The average molecular weight is 517 g/mol. The minimum Gasteiger partial charge on any atom is -0.363 e. The number of benzene rings is 2.